The molecular formula is C48H28O2. The van der Waals surface area contributed by atoms with Crippen LogP contribution in [0.15, 0.2) is 179 Å². The van der Waals surface area contributed by atoms with Crippen LogP contribution in [0.4, 0.5) is 0 Å². The van der Waals surface area contributed by atoms with Gasteiger partial charge in [0.05, 0.1) is 0 Å². The third kappa shape index (κ3) is 3.90. The van der Waals surface area contributed by atoms with Gasteiger partial charge < -0.3 is 8.83 Å². The third-order valence-corrected chi connectivity index (χ3v) is 10.4. The fourth-order valence-corrected chi connectivity index (χ4v) is 8.25. The van der Waals surface area contributed by atoms with Gasteiger partial charge in [-0.05, 0) is 96.7 Å². The van der Waals surface area contributed by atoms with Gasteiger partial charge in [-0.2, -0.15) is 0 Å². The van der Waals surface area contributed by atoms with Crippen LogP contribution in [0.25, 0.3) is 110 Å². The Morgan fingerprint density at radius 2 is 0.820 bits per heavy atom. The lowest BCUT2D eigenvalue weighted by Gasteiger charge is -2.18. The Morgan fingerprint density at radius 1 is 0.280 bits per heavy atom. The van der Waals surface area contributed by atoms with Gasteiger partial charge in [0.25, 0.3) is 0 Å². The Balaban J connectivity index is 1.14. The molecule has 50 heavy (non-hydrogen) atoms. The van der Waals surface area contributed by atoms with Gasteiger partial charge in [0.1, 0.15) is 22.3 Å². The summed E-state index contributed by atoms with van der Waals surface area (Å²) in [4.78, 5) is 0. The average molecular weight is 637 g/mol. The Kier molecular flexibility index (Phi) is 5.70. The quantitative estimate of drug-likeness (QED) is 0.180. The van der Waals surface area contributed by atoms with Crippen LogP contribution in [0.5, 0.6) is 0 Å². The largest absolute Gasteiger partial charge is 0.456 e. The van der Waals surface area contributed by atoms with Gasteiger partial charge >= 0.3 is 0 Å². The second kappa shape index (κ2) is 10.4. The minimum atomic E-state index is 0.866. The summed E-state index contributed by atoms with van der Waals surface area (Å²) in [5, 5.41) is 11.7. The topological polar surface area (TPSA) is 26.3 Å². The zero-order valence-electron chi connectivity index (χ0n) is 27.0. The van der Waals surface area contributed by atoms with Crippen molar-refractivity contribution < 1.29 is 8.83 Å². The highest BCUT2D eigenvalue weighted by atomic mass is 16.3. The second-order valence-corrected chi connectivity index (χ2v) is 13.2. The van der Waals surface area contributed by atoms with Crippen molar-refractivity contribution in [3.8, 4) is 33.4 Å². The fraction of sp³-hybridized carbons (Fsp3) is 0. The molecule has 2 nitrogen and oxygen atoms in total. The van der Waals surface area contributed by atoms with Crippen molar-refractivity contribution in [1.82, 2.24) is 0 Å². The highest BCUT2D eigenvalue weighted by Crippen LogP contribution is 2.45. The average Bonchev–Trinajstić information content (AvgIpc) is 3.75. The molecule has 11 rings (SSSR count). The van der Waals surface area contributed by atoms with Crippen LogP contribution in [0, 0.1) is 0 Å². The van der Waals surface area contributed by atoms with Crippen LogP contribution in [-0.2, 0) is 0 Å². The van der Waals surface area contributed by atoms with E-state index in [9.17, 15) is 0 Å². The molecule has 0 N–H and O–H groups in total. The van der Waals surface area contributed by atoms with E-state index in [1.54, 1.807) is 0 Å². The zero-order chi connectivity index (χ0) is 32.8. The lowest BCUT2D eigenvalue weighted by atomic mass is 9.85. The first-order chi connectivity index (χ1) is 24.8. The highest BCUT2D eigenvalue weighted by Gasteiger charge is 2.19. The summed E-state index contributed by atoms with van der Waals surface area (Å²) in [6.45, 7) is 0. The van der Waals surface area contributed by atoms with Crippen molar-refractivity contribution in [2.45, 2.75) is 0 Å². The van der Waals surface area contributed by atoms with Crippen LogP contribution < -0.4 is 0 Å². The molecule has 2 heteroatoms. The molecule has 232 valence electrons. The smallest absolute Gasteiger partial charge is 0.143 e. The summed E-state index contributed by atoms with van der Waals surface area (Å²) in [6.07, 6.45) is 0. The SMILES string of the molecule is c1ccc(-c2c3ccccc3c(-c3cccc(-c4ccc5oc6ccc7oc8c9ccccc9ccc8c7c6c5c4)c3)c3ccccc23)cc1. The molecule has 9 aromatic carbocycles. The van der Waals surface area contributed by atoms with E-state index < -0.39 is 0 Å². The number of hydrogen-bond acceptors (Lipinski definition) is 2. The summed E-state index contributed by atoms with van der Waals surface area (Å²) in [7, 11) is 0. The van der Waals surface area contributed by atoms with Crippen molar-refractivity contribution >= 4 is 76.2 Å². The Bertz CT molecular complexity index is 3080. The van der Waals surface area contributed by atoms with E-state index in [0.29, 0.717) is 0 Å². The molecule has 0 aliphatic carbocycles. The Morgan fingerprint density at radius 3 is 1.56 bits per heavy atom. The van der Waals surface area contributed by atoms with Crippen LogP contribution in [-0.4, -0.2) is 0 Å². The molecule has 2 aromatic heterocycles. The van der Waals surface area contributed by atoms with Crippen LogP contribution in [0.1, 0.15) is 0 Å². The van der Waals surface area contributed by atoms with Crippen molar-refractivity contribution in [3.63, 3.8) is 0 Å². The van der Waals surface area contributed by atoms with E-state index in [1.165, 1.54) is 49.2 Å². The minimum absolute atomic E-state index is 0.866. The monoisotopic (exact) mass is 636 g/mol. The van der Waals surface area contributed by atoms with E-state index in [0.717, 1.165) is 60.4 Å². The first-order valence-electron chi connectivity index (χ1n) is 17.1. The first-order valence-corrected chi connectivity index (χ1v) is 17.1. The van der Waals surface area contributed by atoms with E-state index in [-0.39, 0.29) is 0 Å². The Labute approximate surface area is 287 Å². The van der Waals surface area contributed by atoms with Gasteiger partial charge in [-0.25, -0.2) is 0 Å². The van der Waals surface area contributed by atoms with E-state index in [4.69, 9.17) is 8.83 Å². The normalized spacial score (nSPS) is 12.0. The van der Waals surface area contributed by atoms with Crippen LogP contribution in [0.3, 0.4) is 0 Å². The molecular weight excluding hydrogens is 609 g/mol. The maximum absolute atomic E-state index is 6.54. The molecule has 0 atom stereocenters. The summed E-state index contributed by atoms with van der Waals surface area (Å²) in [5.41, 5.74) is 10.8. The molecule has 0 saturated heterocycles. The summed E-state index contributed by atoms with van der Waals surface area (Å²) in [6, 6.07) is 60.8. The molecule has 0 radical (unpaired) electrons. The minimum Gasteiger partial charge on any atom is -0.456 e. The van der Waals surface area contributed by atoms with E-state index >= 15 is 0 Å². The molecule has 0 saturated carbocycles. The van der Waals surface area contributed by atoms with Gasteiger partial charge in [-0.15, -0.1) is 0 Å². The lowest BCUT2D eigenvalue weighted by molar-refractivity contribution is 0.664. The standard InChI is InChI=1S/C48H28O2/c1-2-12-30(13-3-1)44-35-17-6-8-19-37(35)45(38-20-9-7-18-36(38)44)33-15-10-14-31(27-33)32-22-24-41-40(28-32)47-42(49-41)25-26-43-46(47)39-23-21-29-11-4-5-16-34(29)48(39)50-43/h1-28H. The van der Waals surface area contributed by atoms with Gasteiger partial charge in [-0.3, -0.25) is 0 Å². The lowest BCUT2D eigenvalue weighted by Crippen LogP contribution is -1.91. The third-order valence-electron chi connectivity index (χ3n) is 10.4. The molecule has 0 amide bonds. The number of benzene rings is 9. The number of hydrogen-bond donors (Lipinski definition) is 0. The van der Waals surface area contributed by atoms with Crippen LogP contribution in [0.2, 0.25) is 0 Å². The fourth-order valence-electron chi connectivity index (χ4n) is 8.25. The zero-order valence-corrected chi connectivity index (χ0v) is 27.0. The summed E-state index contributed by atoms with van der Waals surface area (Å²) in [5.74, 6) is 0. The van der Waals surface area contributed by atoms with Gasteiger partial charge in [0.15, 0.2) is 0 Å². The Hall–Kier alpha value is -6.64. The molecule has 0 fully saturated rings. The van der Waals surface area contributed by atoms with Gasteiger partial charge in [0.2, 0.25) is 0 Å². The second-order valence-electron chi connectivity index (χ2n) is 13.2. The van der Waals surface area contributed by atoms with Crippen molar-refractivity contribution in [2.24, 2.45) is 0 Å². The summed E-state index contributed by atoms with van der Waals surface area (Å²) < 4.78 is 13.0. The van der Waals surface area contributed by atoms with Crippen molar-refractivity contribution in [1.29, 1.82) is 0 Å². The highest BCUT2D eigenvalue weighted by molar-refractivity contribution is 6.28. The van der Waals surface area contributed by atoms with Crippen molar-refractivity contribution in [3.05, 3.63) is 170 Å². The molecule has 0 bridgehead atoms. The number of fused-ring (bicyclic) bond motifs is 11. The first kappa shape index (κ1) is 27.3. The maximum atomic E-state index is 6.54. The molecule has 0 aliphatic rings. The number of rotatable bonds is 3. The van der Waals surface area contributed by atoms with Gasteiger partial charge in [0, 0.05) is 26.9 Å². The predicted molar refractivity (Wildman–Crippen MR) is 210 cm³/mol. The molecule has 11 aromatic rings. The summed E-state index contributed by atoms with van der Waals surface area (Å²) >= 11 is 0. The molecule has 0 aliphatic heterocycles. The van der Waals surface area contributed by atoms with Gasteiger partial charge in [-0.1, -0.05) is 133 Å². The maximum Gasteiger partial charge on any atom is 0.143 e. The molecule has 2 heterocycles. The van der Waals surface area contributed by atoms with Crippen LogP contribution >= 0.6 is 0 Å². The van der Waals surface area contributed by atoms with E-state index in [1.807, 2.05) is 12.1 Å². The number of furan rings is 2. The van der Waals surface area contributed by atoms with Crippen molar-refractivity contribution in [2.75, 3.05) is 0 Å². The molecule has 0 spiro atoms. The van der Waals surface area contributed by atoms with E-state index in [2.05, 4.69) is 158 Å². The predicted octanol–water partition coefficient (Wildman–Crippen LogP) is 13.9. The molecule has 0 unspecified atom stereocenters.